The van der Waals surface area contributed by atoms with Gasteiger partial charge in [0.1, 0.15) is 0 Å². The van der Waals surface area contributed by atoms with E-state index in [1.54, 1.807) is 0 Å². The van der Waals surface area contributed by atoms with Crippen molar-refractivity contribution in [2.45, 2.75) is 91.1 Å². The summed E-state index contributed by atoms with van der Waals surface area (Å²) in [5, 5.41) is 7.05. The van der Waals surface area contributed by atoms with Crippen LogP contribution in [-0.4, -0.2) is 25.2 Å². The molecule has 2 nitrogen and oxygen atoms in total. The summed E-state index contributed by atoms with van der Waals surface area (Å²) >= 11 is 0. The SMILES string of the molecule is CCCCCCCCCCNC(C)CNC(C)C. The van der Waals surface area contributed by atoms with Crippen LogP contribution in [0.15, 0.2) is 0 Å². The van der Waals surface area contributed by atoms with Gasteiger partial charge in [-0.2, -0.15) is 0 Å². The van der Waals surface area contributed by atoms with E-state index in [0.29, 0.717) is 12.1 Å². The lowest BCUT2D eigenvalue weighted by Gasteiger charge is -2.16. The standard InChI is InChI=1S/C16H36N2/c1-5-6-7-8-9-10-11-12-13-17-16(4)14-18-15(2)3/h15-18H,5-14H2,1-4H3. The summed E-state index contributed by atoms with van der Waals surface area (Å²) in [4.78, 5) is 0. The summed E-state index contributed by atoms with van der Waals surface area (Å²) in [6.45, 7) is 11.2. The Labute approximate surface area is 115 Å². The van der Waals surface area contributed by atoms with Crippen molar-refractivity contribution in [3.63, 3.8) is 0 Å². The highest BCUT2D eigenvalue weighted by Crippen LogP contribution is 2.07. The van der Waals surface area contributed by atoms with Gasteiger partial charge in [0.05, 0.1) is 0 Å². The summed E-state index contributed by atoms with van der Waals surface area (Å²) in [5.41, 5.74) is 0. The van der Waals surface area contributed by atoms with Gasteiger partial charge in [-0.15, -0.1) is 0 Å². The highest BCUT2D eigenvalue weighted by atomic mass is 15.0. The first-order chi connectivity index (χ1) is 8.66. The van der Waals surface area contributed by atoms with Crippen LogP contribution in [0.4, 0.5) is 0 Å². The van der Waals surface area contributed by atoms with E-state index in [4.69, 9.17) is 0 Å². The lowest BCUT2D eigenvalue weighted by molar-refractivity contribution is 0.462. The van der Waals surface area contributed by atoms with Crippen LogP contribution < -0.4 is 10.6 Å². The maximum Gasteiger partial charge on any atom is 0.0164 e. The Kier molecular flexibility index (Phi) is 13.3. The molecule has 0 bridgehead atoms. The maximum absolute atomic E-state index is 3.59. The molecule has 0 saturated carbocycles. The van der Waals surface area contributed by atoms with Crippen molar-refractivity contribution in [3.05, 3.63) is 0 Å². The molecule has 0 amide bonds. The van der Waals surface area contributed by atoms with E-state index in [-0.39, 0.29) is 0 Å². The van der Waals surface area contributed by atoms with Crippen molar-refractivity contribution in [1.29, 1.82) is 0 Å². The average Bonchev–Trinajstić information content (AvgIpc) is 2.34. The van der Waals surface area contributed by atoms with Crippen molar-refractivity contribution in [2.75, 3.05) is 13.1 Å². The fourth-order valence-corrected chi connectivity index (χ4v) is 2.09. The van der Waals surface area contributed by atoms with Crippen LogP contribution in [0.25, 0.3) is 0 Å². The predicted molar refractivity (Wildman–Crippen MR) is 83.2 cm³/mol. The molecule has 18 heavy (non-hydrogen) atoms. The predicted octanol–water partition coefficient (Wildman–Crippen LogP) is 4.10. The fourth-order valence-electron chi connectivity index (χ4n) is 2.09. The van der Waals surface area contributed by atoms with Crippen LogP contribution in [0.5, 0.6) is 0 Å². The summed E-state index contributed by atoms with van der Waals surface area (Å²) < 4.78 is 0. The van der Waals surface area contributed by atoms with Crippen LogP contribution in [0.2, 0.25) is 0 Å². The molecular formula is C16H36N2. The molecule has 2 N–H and O–H groups in total. The highest BCUT2D eigenvalue weighted by Gasteiger charge is 2.01. The number of rotatable bonds is 13. The van der Waals surface area contributed by atoms with Gasteiger partial charge < -0.3 is 10.6 Å². The molecule has 0 heterocycles. The monoisotopic (exact) mass is 256 g/mol. The third-order valence-electron chi connectivity index (χ3n) is 3.36. The number of unbranched alkanes of at least 4 members (excludes halogenated alkanes) is 7. The molecule has 0 saturated heterocycles. The molecule has 0 spiro atoms. The molecule has 0 aliphatic heterocycles. The minimum Gasteiger partial charge on any atom is -0.313 e. The lowest BCUT2D eigenvalue weighted by atomic mass is 10.1. The van der Waals surface area contributed by atoms with E-state index >= 15 is 0 Å². The van der Waals surface area contributed by atoms with Gasteiger partial charge in [-0.1, -0.05) is 65.7 Å². The first kappa shape index (κ1) is 17.9. The van der Waals surface area contributed by atoms with E-state index < -0.39 is 0 Å². The van der Waals surface area contributed by atoms with Crippen LogP contribution >= 0.6 is 0 Å². The molecule has 0 rings (SSSR count). The van der Waals surface area contributed by atoms with Crippen LogP contribution in [-0.2, 0) is 0 Å². The summed E-state index contributed by atoms with van der Waals surface area (Å²) in [6.07, 6.45) is 11.2. The molecule has 1 unspecified atom stereocenters. The largest absolute Gasteiger partial charge is 0.313 e. The zero-order valence-corrected chi connectivity index (χ0v) is 13.2. The van der Waals surface area contributed by atoms with E-state index in [1.807, 2.05) is 0 Å². The smallest absolute Gasteiger partial charge is 0.0164 e. The maximum atomic E-state index is 3.59. The Bertz CT molecular complexity index is 157. The van der Waals surface area contributed by atoms with Crippen molar-refractivity contribution in [1.82, 2.24) is 10.6 Å². The zero-order chi connectivity index (χ0) is 13.6. The summed E-state index contributed by atoms with van der Waals surface area (Å²) in [7, 11) is 0. The molecule has 0 fully saturated rings. The van der Waals surface area contributed by atoms with E-state index in [2.05, 4.69) is 38.3 Å². The summed E-state index contributed by atoms with van der Waals surface area (Å²) in [5.74, 6) is 0. The molecule has 110 valence electrons. The Morgan fingerprint density at radius 1 is 0.722 bits per heavy atom. The van der Waals surface area contributed by atoms with Crippen LogP contribution in [0, 0.1) is 0 Å². The minimum atomic E-state index is 0.594. The first-order valence-corrected chi connectivity index (χ1v) is 8.13. The number of hydrogen-bond donors (Lipinski definition) is 2. The summed E-state index contributed by atoms with van der Waals surface area (Å²) in [6, 6.07) is 1.19. The normalized spacial score (nSPS) is 13.2. The molecule has 0 aromatic carbocycles. The number of nitrogens with one attached hydrogen (secondary N) is 2. The minimum absolute atomic E-state index is 0.594. The topological polar surface area (TPSA) is 24.1 Å². The van der Waals surface area contributed by atoms with Crippen molar-refractivity contribution in [2.24, 2.45) is 0 Å². The van der Waals surface area contributed by atoms with Crippen molar-refractivity contribution in [3.8, 4) is 0 Å². The number of hydrogen-bond acceptors (Lipinski definition) is 2. The van der Waals surface area contributed by atoms with E-state index in [1.165, 1.54) is 57.9 Å². The fraction of sp³-hybridized carbons (Fsp3) is 1.00. The van der Waals surface area contributed by atoms with Crippen LogP contribution in [0.1, 0.15) is 79.1 Å². The molecule has 2 heteroatoms. The molecular weight excluding hydrogens is 220 g/mol. The van der Waals surface area contributed by atoms with Crippen molar-refractivity contribution < 1.29 is 0 Å². The van der Waals surface area contributed by atoms with Gasteiger partial charge in [-0.25, -0.2) is 0 Å². The molecule has 0 aromatic rings. The Hall–Kier alpha value is -0.0800. The Morgan fingerprint density at radius 3 is 1.83 bits per heavy atom. The van der Waals surface area contributed by atoms with Gasteiger partial charge in [-0.3, -0.25) is 0 Å². The highest BCUT2D eigenvalue weighted by molar-refractivity contribution is 4.65. The van der Waals surface area contributed by atoms with Gasteiger partial charge in [0.15, 0.2) is 0 Å². The van der Waals surface area contributed by atoms with Crippen LogP contribution in [0.3, 0.4) is 0 Å². The Balaban J connectivity index is 3.10. The first-order valence-electron chi connectivity index (χ1n) is 8.13. The van der Waals surface area contributed by atoms with Gasteiger partial charge >= 0.3 is 0 Å². The van der Waals surface area contributed by atoms with E-state index in [9.17, 15) is 0 Å². The molecule has 1 atom stereocenters. The quantitative estimate of drug-likeness (QED) is 0.485. The average molecular weight is 256 g/mol. The second-order valence-corrected chi connectivity index (χ2v) is 5.89. The van der Waals surface area contributed by atoms with Gasteiger partial charge in [0, 0.05) is 18.6 Å². The molecule has 0 aliphatic carbocycles. The van der Waals surface area contributed by atoms with Crippen molar-refractivity contribution >= 4 is 0 Å². The third-order valence-corrected chi connectivity index (χ3v) is 3.36. The Morgan fingerprint density at radius 2 is 1.28 bits per heavy atom. The second kappa shape index (κ2) is 13.4. The third kappa shape index (κ3) is 14.0. The second-order valence-electron chi connectivity index (χ2n) is 5.89. The van der Waals surface area contributed by atoms with Gasteiger partial charge in [-0.05, 0) is 19.9 Å². The lowest BCUT2D eigenvalue weighted by Crippen LogP contribution is -2.39. The van der Waals surface area contributed by atoms with Gasteiger partial charge in [0.2, 0.25) is 0 Å². The molecule has 0 aromatic heterocycles. The molecule has 0 radical (unpaired) electrons. The zero-order valence-electron chi connectivity index (χ0n) is 13.2. The van der Waals surface area contributed by atoms with Gasteiger partial charge in [0.25, 0.3) is 0 Å². The molecule has 0 aliphatic rings. The van der Waals surface area contributed by atoms with E-state index in [0.717, 1.165) is 6.54 Å².